The Morgan fingerprint density at radius 2 is 2.38 bits per heavy atom. The summed E-state index contributed by atoms with van der Waals surface area (Å²) in [5, 5.41) is 3.69. The molecule has 1 aliphatic heterocycles. The number of nitrogens with one attached hydrogen (secondary N) is 1. The first-order valence-corrected chi connectivity index (χ1v) is 9.46. The summed E-state index contributed by atoms with van der Waals surface area (Å²) in [6, 6.07) is 8.90. The van der Waals surface area contributed by atoms with E-state index in [1.54, 1.807) is 11.3 Å². The highest BCUT2D eigenvalue weighted by Crippen LogP contribution is 2.31. The summed E-state index contributed by atoms with van der Waals surface area (Å²) < 4.78 is 8.01. The molecule has 3 rings (SSSR count). The molecule has 2 atom stereocenters. The van der Waals surface area contributed by atoms with E-state index >= 15 is 0 Å². The maximum atomic E-state index is 5.56. The Bertz CT molecular complexity index is 533. The van der Waals surface area contributed by atoms with Gasteiger partial charge in [0.25, 0.3) is 0 Å². The average Bonchev–Trinajstić information content (AvgIpc) is 3.16. The third-order valence-corrected chi connectivity index (χ3v) is 6.15. The van der Waals surface area contributed by atoms with Crippen molar-refractivity contribution in [3.05, 3.63) is 24.3 Å². The average molecular weight is 322 g/mol. The van der Waals surface area contributed by atoms with Crippen molar-refractivity contribution in [1.82, 2.24) is 10.3 Å². The second-order valence-corrected chi connectivity index (χ2v) is 7.74. The van der Waals surface area contributed by atoms with Gasteiger partial charge < -0.3 is 10.1 Å². The van der Waals surface area contributed by atoms with Crippen molar-refractivity contribution in [3.8, 4) is 0 Å². The smallest absolute Gasteiger partial charge is 0.151 e. The second-order valence-electron chi connectivity index (χ2n) is 5.44. The zero-order chi connectivity index (χ0) is 14.5. The molecular formula is C16H22N2OS2. The number of fused-ring (bicyclic) bond motifs is 1. The van der Waals surface area contributed by atoms with Gasteiger partial charge in [0, 0.05) is 24.3 Å². The minimum atomic E-state index is 0.532. The Hall–Kier alpha value is -0.620. The predicted molar refractivity (Wildman–Crippen MR) is 91.4 cm³/mol. The molecule has 0 saturated carbocycles. The van der Waals surface area contributed by atoms with Gasteiger partial charge >= 0.3 is 0 Å². The topological polar surface area (TPSA) is 34.2 Å². The number of ether oxygens (including phenoxy) is 1. The number of thiazole rings is 1. The Labute approximate surface area is 134 Å². The van der Waals surface area contributed by atoms with E-state index in [9.17, 15) is 0 Å². The summed E-state index contributed by atoms with van der Waals surface area (Å²) in [5.41, 5.74) is 1.12. The van der Waals surface area contributed by atoms with Gasteiger partial charge in [-0.15, -0.1) is 11.3 Å². The maximum Gasteiger partial charge on any atom is 0.151 e. The number of nitrogens with zero attached hydrogens (tertiary/aromatic N) is 1. The molecule has 2 unspecified atom stereocenters. The molecule has 114 valence electrons. The van der Waals surface area contributed by atoms with Crippen LogP contribution in [0.4, 0.5) is 0 Å². The normalized spacial score (nSPS) is 20.1. The molecule has 1 aromatic carbocycles. The molecule has 1 N–H and O–H groups in total. The van der Waals surface area contributed by atoms with Crippen LogP contribution in [0.15, 0.2) is 28.6 Å². The van der Waals surface area contributed by atoms with Crippen molar-refractivity contribution in [2.45, 2.75) is 30.1 Å². The van der Waals surface area contributed by atoms with Crippen LogP contribution in [0.25, 0.3) is 10.2 Å². The number of benzene rings is 1. The lowest BCUT2D eigenvalue weighted by Gasteiger charge is -2.22. The van der Waals surface area contributed by atoms with E-state index in [2.05, 4.69) is 36.5 Å². The summed E-state index contributed by atoms with van der Waals surface area (Å²) in [4.78, 5) is 4.71. The first kappa shape index (κ1) is 15.3. The largest absolute Gasteiger partial charge is 0.381 e. The van der Waals surface area contributed by atoms with Crippen LogP contribution < -0.4 is 5.32 Å². The van der Waals surface area contributed by atoms with Crippen LogP contribution in [0, 0.1) is 5.92 Å². The fourth-order valence-corrected chi connectivity index (χ4v) is 4.92. The fraction of sp³-hybridized carbons (Fsp3) is 0.562. The minimum Gasteiger partial charge on any atom is -0.381 e. The molecule has 0 aliphatic carbocycles. The van der Waals surface area contributed by atoms with Crippen LogP contribution in [0.1, 0.15) is 19.8 Å². The summed E-state index contributed by atoms with van der Waals surface area (Å²) in [6.07, 6.45) is 2.36. The number of hydrogen-bond acceptors (Lipinski definition) is 5. The minimum absolute atomic E-state index is 0.532. The van der Waals surface area contributed by atoms with Crippen LogP contribution in [-0.2, 0) is 4.74 Å². The van der Waals surface area contributed by atoms with Crippen LogP contribution >= 0.6 is 23.1 Å². The van der Waals surface area contributed by atoms with E-state index < -0.39 is 0 Å². The van der Waals surface area contributed by atoms with Crippen molar-refractivity contribution >= 4 is 33.3 Å². The SMILES string of the molecule is CCCNC(CSc1nc2ccccc2s1)C1CCOC1. The van der Waals surface area contributed by atoms with Gasteiger partial charge in [0.05, 0.1) is 16.8 Å². The molecule has 3 nitrogen and oxygen atoms in total. The zero-order valence-corrected chi connectivity index (χ0v) is 14.0. The van der Waals surface area contributed by atoms with Crippen LogP contribution in [-0.4, -0.2) is 36.5 Å². The summed E-state index contributed by atoms with van der Waals surface area (Å²) in [5.74, 6) is 1.73. The van der Waals surface area contributed by atoms with Gasteiger partial charge in [-0.25, -0.2) is 4.98 Å². The van der Waals surface area contributed by atoms with Gasteiger partial charge in [-0.3, -0.25) is 0 Å². The third kappa shape index (κ3) is 3.97. The molecule has 0 spiro atoms. The Morgan fingerprint density at radius 3 is 3.14 bits per heavy atom. The maximum absolute atomic E-state index is 5.56. The Kier molecular flexibility index (Phi) is 5.52. The molecule has 2 heterocycles. The van der Waals surface area contributed by atoms with E-state index in [1.165, 1.54) is 21.9 Å². The molecule has 1 aromatic heterocycles. The fourth-order valence-electron chi connectivity index (χ4n) is 2.64. The molecule has 21 heavy (non-hydrogen) atoms. The summed E-state index contributed by atoms with van der Waals surface area (Å²) in [7, 11) is 0. The first-order chi connectivity index (χ1) is 10.4. The molecule has 0 bridgehead atoms. The summed E-state index contributed by atoms with van der Waals surface area (Å²) in [6.45, 7) is 5.13. The van der Waals surface area contributed by atoms with Crippen molar-refractivity contribution in [2.24, 2.45) is 5.92 Å². The number of aromatic nitrogens is 1. The third-order valence-electron chi connectivity index (χ3n) is 3.85. The molecule has 0 amide bonds. The van der Waals surface area contributed by atoms with Crippen molar-refractivity contribution < 1.29 is 4.74 Å². The van der Waals surface area contributed by atoms with Crippen LogP contribution in [0.3, 0.4) is 0 Å². The molecule has 0 radical (unpaired) electrons. The predicted octanol–water partition coefficient (Wildman–Crippen LogP) is 3.79. The molecule has 5 heteroatoms. The zero-order valence-electron chi connectivity index (χ0n) is 12.4. The van der Waals surface area contributed by atoms with E-state index in [-0.39, 0.29) is 0 Å². The highest BCUT2D eigenvalue weighted by atomic mass is 32.2. The molecule has 1 aliphatic rings. The highest BCUT2D eigenvalue weighted by Gasteiger charge is 2.25. The molecule has 1 fully saturated rings. The van der Waals surface area contributed by atoms with E-state index in [4.69, 9.17) is 9.72 Å². The second kappa shape index (κ2) is 7.58. The lowest BCUT2D eigenvalue weighted by Crippen LogP contribution is -2.39. The monoisotopic (exact) mass is 322 g/mol. The first-order valence-electron chi connectivity index (χ1n) is 7.66. The Balaban J connectivity index is 1.62. The standard InChI is InChI=1S/C16H22N2OS2/c1-2-8-17-14(12-7-9-19-10-12)11-20-16-18-13-5-3-4-6-15(13)21-16/h3-6,12,14,17H,2,7-11H2,1H3. The van der Waals surface area contributed by atoms with E-state index in [0.29, 0.717) is 12.0 Å². The van der Waals surface area contributed by atoms with Gasteiger partial charge in [-0.05, 0) is 31.5 Å². The van der Waals surface area contributed by atoms with Gasteiger partial charge in [0.2, 0.25) is 0 Å². The quantitative estimate of drug-likeness (QED) is 0.786. The Morgan fingerprint density at radius 1 is 1.48 bits per heavy atom. The number of hydrogen-bond donors (Lipinski definition) is 1. The van der Waals surface area contributed by atoms with Crippen molar-refractivity contribution in [2.75, 3.05) is 25.5 Å². The van der Waals surface area contributed by atoms with E-state index in [1.807, 2.05) is 11.8 Å². The number of thioether (sulfide) groups is 1. The lowest BCUT2D eigenvalue weighted by atomic mass is 10.0. The summed E-state index contributed by atoms with van der Waals surface area (Å²) >= 11 is 3.68. The van der Waals surface area contributed by atoms with Gasteiger partial charge in [-0.1, -0.05) is 30.8 Å². The van der Waals surface area contributed by atoms with Gasteiger partial charge in [0.15, 0.2) is 4.34 Å². The van der Waals surface area contributed by atoms with Crippen LogP contribution in [0.2, 0.25) is 0 Å². The number of rotatable bonds is 7. The van der Waals surface area contributed by atoms with Crippen molar-refractivity contribution in [1.29, 1.82) is 0 Å². The van der Waals surface area contributed by atoms with Gasteiger partial charge in [0.1, 0.15) is 0 Å². The highest BCUT2D eigenvalue weighted by molar-refractivity contribution is 8.01. The molecular weight excluding hydrogens is 300 g/mol. The van der Waals surface area contributed by atoms with Crippen molar-refractivity contribution in [3.63, 3.8) is 0 Å². The molecule has 2 aromatic rings. The lowest BCUT2D eigenvalue weighted by molar-refractivity contribution is 0.179. The number of para-hydroxylation sites is 1. The van der Waals surface area contributed by atoms with Gasteiger partial charge in [-0.2, -0.15) is 0 Å². The van der Waals surface area contributed by atoms with Crippen LogP contribution in [0.5, 0.6) is 0 Å². The molecule has 1 saturated heterocycles. The van der Waals surface area contributed by atoms with E-state index in [0.717, 1.165) is 31.0 Å².